The fourth-order valence-electron chi connectivity index (χ4n) is 2.98. The van der Waals surface area contributed by atoms with Crippen LogP contribution in [0.15, 0.2) is 29.4 Å². The van der Waals surface area contributed by atoms with Crippen molar-refractivity contribution in [3.05, 3.63) is 51.7 Å². The van der Waals surface area contributed by atoms with E-state index in [9.17, 15) is 9.59 Å². The number of rotatable bonds is 10. The van der Waals surface area contributed by atoms with E-state index in [1.165, 1.54) is 23.1 Å². The van der Waals surface area contributed by atoms with E-state index >= 15 is 0 Å². The molecule has 1 amide bonds. The maximum Gasteiger partial charge on any atom is 0.341 e. The van der Waals surface area contributed by atoms with Crippen molar-refractivity contribution in [3.63, 3.8) is 0 Å². The van der Waals surface area contributed by atoms with Crippen LogP contribution in [0.25, 0.3) is 0 Å². The average Bonchev–Trinajstić information content (AvgIpc) is 3.36. The van der Waals surface area contributed by atoms with Gasteiger partial charge in [0.25, 0.3) is 0 Å². The molecule has 33 heavy (non-hydrogen) atoms. The molecule has 3 rings (SSSR count). The van der Waals surface area contributed by atoms with Gasteiger partial charge in [-0.3, -0.25) is 4.79 Å². The molecule has 1 N–H and O–H groups in total. The number of aromatic nitrogens is 3. The Morgan fingerprint density at radius 3 is 2.73 bits per heavy atom. The molecule has 3 aromatic rings. The van der Waals surface area contributed by atoms with Crippen LogP contribution in [0.3, 0.4) is 0 Å². The van der Waals surface area contributed by atoms with E-state index in [1.807, 2.05) is 50.6 Å². The van der Waals surface area contributed by atoms with E-state index in [4.69, 9.17) is 9.47 Å². The average molecular weight is 489 g/mol. The quantitative estimate of drug-likeness (QED) is 0.331. The summed E-state index contributed by atoms with van der Waals surface area (Å²) in [7, 11) is 1.84. The number of esters is 1. The van der Waals surface area contributed by atoms with E-state index in [1.54, 1.807) is 13.0 Å². The topological polar surface area (TPSA) is 95.3 Å². The third-order valence-electron chi connectivity index (χ3n) is 5.05. The molecular weight excluding hydrogens is 460 g/mol. The van der Waals surface area contributed by atoms with E-state index in [0.29, 0.717) is 21.5 Å². The molecule has 0 atom stereocenters. The minimum absolute atomic E-state index is 0.130. The summed E-state index contributed by atoms with van der Waals surface area (Å²) in [4.78, 5) is 25.8. The largest absolute Gasteiger partial charge is 0.485 e. The van der Waals surface area contributed by atoms with E-state index in [2.05, 4.69) is 15.5 Å². The Bertz CT molecular complexity index is 1140. The summed E-state index contributed by atoms with van der Waals surface area (Å²) in [6.07, 6.45) is 0.771. The molecule has 0 aliphatic carbocycles. The number of carbonyl (C=O) groups excluding carboxylic acids is 2. The monoisotopic (exact) mass is 488 g/mol. The lowest BCUT2D eigenvalue weighted by Crippen LogP contribution is -2.16. The fraction of sp³-hybridized carbons (Fsp3) is 0.391. The number of nitrogens with one attached hydrogen (secondary N) is 1. The second-order valence-corrected chi connectivity index (χ2v) is 9.39. The first-order valence-corrected chi connectivity index (χ1v) is 12.4. The van der Waals surface area contributed by atoms with Gasteiger partial charge < -0.3 is 19.4 Å². The number of hydrogen-bond acceptors (Lipinski definition) is 8. The van der Waals surface area contributed by atoms with Gasteiger partial charge in [0.1, 0.15) is 17.4 Å². The Hall–Kier alpha value is -2.85. The molecule has 0 bridgehead atoms. The molecule has 0 aliphatic rings. The van der Waals surface area contributed by atoms with Gasteiger partial charge in [-0.15, -0.1) is 21.5 Å². The summed E-state index contributed by atoms with van der Waals surface area (Å²) in [6.45, 7) is 8.37. The number of nitrogens with zero attached hydrogens (tertiary/aromatic N) is 3. The maximum atomic E-state index is 12.6. The number of thioether (sulfide) groups is 1. The van der Waals surface area contributed by atoms with Crippen LogP contribution in [-0.2, 0) is 29.6 Å². The number of aryl methyl sites for hydroxylation is 2. The minimum Gasteiger partial charge on any atom is -0.485 e. The first-order valence-electron chi connectivity index (χ1n) is 10.6. The van der Waals surface area contributed by atoms with Crippen molar-refractivity contribution in [2.45, 2.75) is 45.9 Å². The van der Waals surface area contributed by atoms with Gasteiger partial charge in [-0.25, -0.2) is 4.79 Å². The van der Waals surface area contributed by atoms with Gasteiger partial charge >= 0.3 is 5.97 Å². The van der Waals surface area contributed by atoms with Gasteiger partial charge in [-0.1, -0.05) is 30.8 Å². The number of thiophene rings is 1. The summed E-state index contributed by atoms with van der Waals surface area (Å²) in [5.41, 5.74) is 2.64. The highest BCUT2D eigenvalue weighted by Gasteiger charge is 2.19. The maximum absolute atomic E-state index is 12.6. The van der Waals surface area contributed by atoms with E-state index in [-0.39, 0.29) is 24.9 Å². The van der Waals surface area contributed by atoms with Crippen LogP contribution in [0.5, 0.6) is 5.75 Å². The lowest BCUT2D eigenvalue weighted by atomic mass is 10.1. The predicted octanol–water partition coefficient (Wildman–Crippen LogP) is 4.54. The Balaban J connectivity index is 1.59. The summed E-state index contributed by atoms with van der Waals surface area (Å²) < 4.78 is 12.8. The van der Waals surface area contributed by atoms with E-state index < -0.39 is 5.97 Å². The van der Waals surface area contributed by atoms with Crippen LogP contribution in [0.2, 0.25) is 0 Å². The molecule has 0 saturated heterocycles. The van der Waals surface area contributed by atoms with Crippen LogP contribution in [0.1, 0.15) is 46.0 Å². The normalized spacial score (nSPS) is 10.8. The van der Waals surface area contributed by atoms with Gasteiger partial charge in [-0.2, -0.15) is 0 Å². The molecule has 2 heterocycles. The minimum atomic E-state index is -0.432. The standard InChI is InChI=1S/C23H28N4O4S2/c1-6-16-11-17(22(29)30-7-2)21(33-16)24-20(28)13-32-23-26-25-19(27(23)5)12-31-18-10-8-9-14(3)15(18)4/h8-11H,6-7,12-13H2,1-5H3,(H,24,28). The van der Waals surface area contributed by atoms with Crippen molar-refractivity contribution < 1.29 is 19.1 Å². The smallest absolute Gasteiger partial charge is 0.341 e. The lowest BCUT2D eigenvalue weighted by molar-refractivity contribution is -0.113. The van der Waals surface area contributed by atoms with Crippen LogP contribution >= 0.6 is 23.1 Å². The van der Waals surface area contributed by atoms with Gasteiger partial charge in [-0.05, 0) is 50.5 Å². The SMILES string of the molecule is CCOC(=O)c1cc(CC)sc1NC(=O)CSc1nnc(COc2cccc(C)c2C)n1C. The lowest BCUT2D eigenvalue weighted by Gasteiger charge is -2.10. The number of benzene rings is 1. The molecule has 0 saturated carbocycles. The third-order valence-corrected chi connectivity index (χ3v) is 7.26. The van der Waals surface area contributed by atoms with Crippen molar-refractivity contribution in [2.24, 2.45) is 7.05 Å². The number of hydrogen-bond donors (Lipinski definition) is 1. The summed E-state index contributed by atoms with van der Waals surface area (Å²) in [5.74, 6) is 0.941. The molecular formula is C23H28N4O4S2. The first-order chi connectivity index (χ1) is 15.8. The Morgan fingerprint density at radius 1 is 1.21 bits per heavy atom. The second kappa shape index (κ2) is 11.3. The molecule has 8 nitrogen and oxygen atoms in total. The number of anilines is 1. The van der Waals surface area contributed by atoms with Crippen LogP contribution in [0.4, 0.5) is 5.00 Å². The van der Waals surface area contributed by atoms with Gasteiger partial charge in [0, 0.05) is 11.9 Å². The van der Waals surface area contributed by atoms with Crippen LogP contribution in [-0.4, -0.2) is 39.0 Å². The van der Waals surface area contributed by atoms with Crippen molar-refractivity contribution >= 4 is 40.0 Å². The Morgan fingerprint density at radius 2 is 2.00 bits per heavy atom. The summed E-state index contributed by atoms with van der Waals surface area (Å²) >= 11 is 2.66. The van der Waals surface area contributed by atoms with Gasteiger partial charge in [0.15, 0.2) is 11.0 Å². The Kier molecular flexibility index (Phi) is 8.51. The highest BCUT2D eigenvalue weighted by molar-refractivity contribution is 7.99. The number of amides is 1. The molecule has 0 aliphatic heterocycles. The van der Waals surface area contributed by atoms with Gasteiger partial charge in [0.05, 0.1) is 17.9 Å². The summed E-state index contributed by atoms with van der Waals surface area (Å²) in [6, 6.07) is 7.70. The zero-order valence-electron chi connectivity index (χ0n) is 19.4. The van der Waals surface area contributed by atoms with Crippen molar-refractivity contribution in [2.75, 3.05) is 17.7 Å². The highest BCUT2D eigenvalue weighted by atomic mass is 32.2. The summed E-state index contributed by atoms with van der Waals surface area (Å²) in [5, 5.41) is 12.3. The van der Waals surface area contributed by atoms with Crippen LogP contribution < -0.4 is 10.1 Å². The molecule has 1 aromatic carbocycles. The number of carbonyl (C=O) groups is 2. The van der Waals surface area contributed by atoms with E-state index in [0.717, 1.165) is 28.2 Å². The molecule has 0 unspecified atom stereocenters. The third kappa shape index (κ3) is 6.14. The van der Waals surface area contributed by atoms with Gasteiger partial charge in [0.2, 0.25) is 5.91 Å². The molecule has 0 radical (unpaired) electrons. The van der Waals surface area contributed by atoms with Crippen molar-refractivity contribution in [1.82, 2.24) is 14.8 Å². The molecule has 10 heteroatoms. The zero-order chi connectivity index (χ0) is 24.0. The van der Waals surface area contributed by atoms with Crippen molar-refractivity contribution in [1.29, 1.82) is 0 Å². The van der Waals surface area contributed by atoms with Crippen molar-refractivity contribution in [3.8, 4) is 5.75 Å². The number of ether oxygens (including phenoxy) is 2. The Labute approximate surface area is 201 Å². The molecule has 0 fully saturated rings. The first kappa shape index (κ1) is 24.8. The second-order valence-electron chi connectivity index (χ2n) is 7.31. The molecule has 0 spiro atoms. The van der Waals surface area contributed by atoms with Crippen LogP contribution in [0, 0.1) is 13.8 Å². The predicted molar refractivity (Wildman–Crippen MR) is 130 cm³/mol. The molecule has 176 valence electrons. The fourth-order valence-corrected chi connectivity index (χ4v) is 4.71. The molecule has 2 aromatic heterocycles. The highest BCUT2D eigenvalue weighted by Crippen LogP contribution is 2.30. The zero-order valence-corrected chi connectivity index (χ0v) is 21.1.